The minimum absolute atomic E-state index is 0.0140. The lowest BCUT2D eigenvalue weighted by Gasteiger charge is -2.53. The second-order valence-corrected chi connectivity index (χ2v) is 16.5. The molecule has 0 radical (unpaired) electrons. The van der Waals surface area contributed by atoms with Crippen LogP contribution in [0.25, 0.3) is 0 Å². The third kappa shape index (κ3) is 10.1. The summed E-state index contributed by atoms with van der Waals surface area (Å²) in [5.74, 6) is 9.74. The average Bonchev–Trinajstić information content (AvgIpc) is 3.29. The van der Waals surface area contributed by atoms with Crippen molar-refractivity contribution in [3.63, 3.8) is 0 Å². The van der Waals surface area contributed by atoms with Crippen LogP contribution in [0.5, 0.6) is 0 Å². The summed E-state index contributed by atoms with van der Waals surface area (Å²) in [7, 11) is 0. The van der Waals surface area contributed by atoms with Crippen LogP contribution in [-0.2, 0) is 33.6 Å². The topological polar surface area (TPSA) is 290 Å². The highest BCUT2D eigenvalue weighted by Crippen LogP contribution is 2.60. The van der Waals surface area contributed by atoms with E-state index < -0.39 is 46.8 Å². The van der Waals surface area contributed by atoms with Crippen LogP contribution in [-0.4, -0.2) is 46.5 Å². The van der Waals surface area contributed by atoms with Crippen molar-refractivity contribution in [2.45, 2.75) is 94.8 Å². The van der Waals surface area contributed by atoms with Crippen molar-refractivity contribution in [1.29, 1.82) is 0 Å². The van der Waals surface area contributed by atoms with Crippen molar-refractivity contribution in [2.24, 2.45) is 40.7 Å². The van der Waals surface area contributed by atoms with Crippen LogP contribution in [0.1, 0.15) is 111 Å². The fourth-order valence-electron chi connectivity index (χ4n) is 10.5. The van der Waals surface area contributed by atoms with E-state index in [2.05, 4.69) is 16.0 Å². The predicted octanol–water partition coefficient (Wildman–Crippen LogP) is 3.76. The molecule has 0 aliphatic heterocycles. The minimum atomic E-state index is -0.943. The molecule has 3 fully saturated rings. The van der Waals surface area contributed by atoms with Crippen LogP contribution >= 0.6 is 0 Å². The van der Waals surface area contributed by atoms with E-state index in [1.807, 2.05) is 52.7 Å². The second kappa shape index (κ2) is 19.9. The number of carbonyl (C=O) groups excluding carboxylic acids is 6. The number of carbonyl (C=O) groups is 7. The molecular formula is C44H55N9O8. The number of anilines is 3. The Morgan fingerprint density at radius 3 is 0.820 bits per heavy atom. The highest BCUT2D eigenvalue weighted by molar-refractivity contribution is 6.40. The summed E-state index contributed by atoms with van der Waals surface area (Å²) in [6, 6.07) is 22.2. The number of hydrazine groups is 3. The first kappa shape index (κ1) is 44.4. The highest BCUT2D eigenvalue weighted by atomic mass is 16.4. The Kier molecular flexibility index (Phi) is 14.5. The molecule has 3 aliphatic rings. The molecule has 6 rings (SSSR count). The molecule has 6 amide bonds. The first-order chi connectivity index (χ1) is 29.4. The molecule has 3 saturated carbocycles. The molecule has 3 aromatic rings. The van der Waals surface area contributed by atoms with Crippen molar-refractivity contribution in [3.8, 4) is 0 Å². The zero-order valence-corrected chi connectivity index (χ0v) is 33.9. The van der Waals surface area contributed by atoms with Crippen molar-refractivity contribution >= 4 is 58.5 Å². The Bertz CT molecular complexity index is 1850. The van der Waals surface area contributed by atoms with Crippen LogP contribution in [0.4, 0.5) is 17.1 Å². The molecule has 0 heterocycles. The van der Waals surface area contributed by atoms with Gasteiger partial charge < -0.3 is 21.1 Å². The van der Waals surface area contributed by atoms with Gasteiger partial charge in [-0.3, -0.25) is 49.8 Å². The Hall–Kier alpha value is -6.17. The number of carboxylic acid groups (broad SMARTS) is 1. The van der Waals surface area contributed by atoms with E-state index >= 15 is 0 Å². The molecule has 0 aromatic heterocycles. The maximum atomic E-state index is 14.1. The van der Waals surface area contributed by atoms with Crippen molar-refractivity contribution in [2.75, 3.05) is 16.0 Å². The minimum Gasteiger partial charge on any atom is -0.481 e. The smallest absolute Gasteiger partial charge is 0.323 e. The highest BCUT2D eigenvalue weighted by Gasteiger charge is 2.57. The first-order valence-electron chi connectivity index (χ1n) is 20.9. The molecule has 17 nitrogen and oxygen atoms in total. The SMILES string of the molecule is NNC(=O)C(=O)Nc1ccc(C2CCC(C(C(=O)O)(C3CCC(c4ccc(NC(=O)C(=O)NN)cc4)CC3)C3CCC(c4ccc(NC(=O)C(=O)NN)cc4)CC3)CC2)cc1. The number of aliphatic carboxylic acids is 1. The van der Waals surface area contributed by atoms with Crippen LogP contribution in [0, 0.1) is 23.2 Å². The van der Waals surface area contributed by atoms with Gasteiger partial charge in [0.2, 0.25) is 0 Å². The van der Waals surface area contributed by atoms with E-state index in [0.717, 1.165) is 93.7 Å². The molecule has 61 heavy (non-hydrogen) atoms. The molecule has 3 aromatic carbocycles. The largest absolute Gasteiger partial charge is 0.481 e. The van der Waals surface area contributed by atoms with Gasteiger partial charge in [0.15, 0.2) is 0 Å². The predicted molar refractivity (Wildman–Crippen MR) is 226 cm³/mol. The van der Waals surface area contributed by atoms with Gasteiger partial charge in [0, 0.05) is 17.1 Å². The normalized spacial score (nSPS) is 23.5. The lowest BCUT2D eigenvalue weighted by molar-refractivity contribution is -0.170. The summed E-state index contributed by atoms with van der Waals surface area (Å²) in [6.45, 7) is 0. The Labute approximate surface area is 353 Å². The zero-order chi connectivity index (χ0) is 43.7. The molecular weight excluding hydrogens is 783 g/mol. The van der Waals surface area contributed by atoms with E-state index in [9.17, 15) is 38.7 Å². The number of benzene rings is 3. The third-order valence-electron chi connectivity index (χ3n) is 13.5. The Balaban J connectivity index is 1.17. The van der Waals surface area contributed by atoms with E-state index in [-0.39, 0.29) is 35.5 Å². The van der Waals surface area contributed by atoms with E-state index in [4.69, 9.17) is 17.5 Å². The summed E-state index contributed by atoms with van der Waals surface area (Å²) in [5.41, 5.74) is 9.27. The van der Waals surface area contributed by atoms with Crippen molar-refractivity contribution in [1.82, 2.24) is 16.3 Å². The average molecular weight is 838 g/mol. The van der Waals surface area contributed by atoms with Gasteiger partial charge in [0.25, 0.3) is 0 Å². The van der Waals surface area contributed by atoms with Gasteiger partial charge in [-0.1, -0.05) is 36.4 Å². The first-order valence-corrected chi connectivity index (χ1v) is 20.9. The summed E-state index contributed by atoms with van der Waals surface area (Å²) >= 11 is 0. The summed E-state index contributed by atoms with van der Waals surface area (Å²) in [4.78, 5) is 84.9. The quantitative estimate of drug-likeness (QED) is 0.0607. The number of rotatable bonds is 10. The van der Waals surface area contributed by atoms with Gasteiger partial charge in [-0.05, 0) is 166 Å². The summed E-state index contributed by atoms with van der Waals surface area (Å²) < 4.78 is 0. The zero-order valence-electron chi connectivity index (χ0n) is 33.9. The van der Waals surface area contributed by atoms with Gasteiger partial charge in [0.05, 0.1) is 5.41 Å². The second-order valence-electron chi connectivity index (χ2n) is 16.5. The van der Waals surface area contributed by atoms with Gasteiger partial charge in [-0.2, -0.15) is 0 Å². The standard InChI is InChI=1S/C44H55N9O8/c45-51-40(57)37(54)48-34-19-7-28(8-20-34)25-1-13-31(14-2-25)44(43(60)61,32-15-3-26(4-16-32)29-9-21-35(22-10-29)49-38(55)41(58)52-46)33-17-5-27(6-18-33)30-11-23-36(24-12-30)50-39(56)42(59)53-47/h7-12,19-27,31-33H,1-6,13-18,45-47H2,(H,48,54)(H,49,55)(H,50,56)(H,51,57)(H,52,58)(H,53,59)(H,60,61). The lowest BCUT2D eigenvalue weighted by atomic mass is 9.49. The Morgan fingerprint density at radius 2 is 0.623 bits per heavy atom. The molecule has 0 atom stereocenters. The molecule has 0 unspecified atom stereocenters. The molecule has 17 heteroatoms. The number of carboxylic acids is 1. The maximum absolute atomic E-state index is 14.1. The number of hydrogen-bond donors (Lipinski definition) is 10. The van der Waals surface area contributed by atoms with E-state index in [1.165, 1.54) is 0 Å². The van der Waals surface area contributed by atoms with Gasteiger partial charge in [-0.15, -0.1) is 0 Å². The summed E-state index contributed by atoms with van der Waals surface area (Å²) in [6.07, 6.45) is 9.63. The fraction of sp³-hybridized carbons (Fsp3) is 0.432. The molecule has 0 spiro atoms. The van der Waals surface area contributed by atoms with Crippen molar-refractivity contribution in [3.05, 3.63) is 89.5 Å². The molecule has 3 aliphatic carbocycles. The van der Waals surface area contributed by atoms with Gasteiger partial charge >= 0.3 is 41.4 Å². The number of nitrogens with one attached hydrogen (secondary N) is 6. The van der Waals surface area contributed by atoms with Gasteiger partial charge in [-0.25, -0.2) is 17.5 Å². The monoisotopic (exact) mass is 837 g/mol. The molecule has 324 valence electrons. The number of amides is 6. The maximum Gasteiger partial charge on any atom is 0.323 e. The molecule has 13 N–H and O–H groups in total. The third-order valence-corrected chi connectivity index (χ3v) is 13.5. The number of hydrogen-bond acceptors (Lipinski definition) is 10. The van der Waals surface area contributed by atoms with Crippen LogP contribution in [0.15, 0.2) is 72.8 Å². The Morgan fingerprint density at radius 1 is 0.393 bits per heavy atom. The summed E-state index contributed by atoms with van der Waals surface area (Å²) in [5, 5.41) is 19.2. The van der Waals surface area contributed by atoms with Gasteiger partial charge in [0.1, 0.15) is 0 Å². The van der Waals surface area contributed by atoms with E-state index in [0.29, 0.717) is 17.1 Å². The van der Waals surface area contributed by atoms with Crippen LogP contribution < -0.4 is 49.8 Å². The van der Waals surface area contributed by atoms with Crippen molar-refractivity contribution < 1.29 is 38.7 Å². The van der Waals surface area contributed by atoms with Crippen LogP contribution in [0.3, 0.4) is 0 Å². The molecule has 0 bridgehead atoms. The fourth-order valence-corrected chi connectivity index (χ4v) is 10.5. The van der Waals surface area contributed by atoms with E-state index in [1.54, 1.807) is 36.4 Å². The van der Waals surface area contributed by atoms with Crippen LogP contribution in [0.2, 0.25) is 0 Å². The molecule has 0 saturated heterocycles. The lowest BCUT2D eigenvalue weighted by Crippen LogP contribution is -2.53. The number of nitrogens with two attached hydrogens (primary N) is 3.